The van der Waals surface area contributed by atoms with Crippen molar-refractivity contribution in [3.05, 3.63) is 69.4 Å². The molecule has 3 N–H and O–H groups in total. The number of methoxy groups -OCH3 is 1. The Balaban J connectivity index is 1.94. The van der Waals surface area contributed by atoms with Crippen LogP contribution in [0.1, 0.15) is 35.7 Å². The molecule has 2 atom stereocenters. The van der Waals surface area contributed by atoms with Gasteiger partial charge in [0.25, 0.3) is 11.5 Å². The van der Waals surface area contributed by atoms with E-state index in [1.54, 1.807) is 50.3 Å². The summed E-state index contributed by atoms with van der Waals surface area (Å²) >= 11 is 0. The molecule has 9 nitrogen and oxygen atoms in total. The number of furan rings is 1. The van der Waals surface area contributed by atoms with E-state index in [1.165, 1.54) is 0 Å². The minimum atomic E-state index is -1.37. The molecule has 0 aromatic carbocycles. The molecule has 1 amide bonds. The number of carboxylic acids is 1. The molecule has 3 heterocycles. The largest absolute Gasteiger partial charge is 0.477 e. The fourth-order valence-electron chi connectivity index (χ4n) is 3.97. The lowest BCUT2D eigenvalue weighted by molar-refractivity contribution is -0.126. The molecule has 0 aliphatic carbocycles. The van der Waals surface area contributed by atoms with Gasteiger partial charge >= 0.3 is 5.97 Å². The first-order chi connectivity index (χ1) is 15.6. The van der Waals surface area contributed by atoms with Crippen LogP contribution in [-0.4, -0.2) is 60.2 Å². The Hall–Kier alpha value is -3.43. The van der Waals surface area contributed by atoms with Crippen LogP contribution < -0.4 is 10.9 Å². The average Bonchev–Trinajstić information content (AvgIpc) is 3.31. The van der Waals surface area contributed by atoms with Gasteiger partial charge in [-0.3, -0.25) is 9.59 Å². The Morgan fingerprint density at radius 3 is 2.73 bits per heavy atom. The summed E-state index contributed by atoms with van der Waals surface area (Å²) in [4.78, 5) is 41.2. The lowest BCUT2D eigenvalue weighted by atomic mass is 9.97. The topological polar surface area (TPSA) is 125 Å². The summed E-state index contributed by atoms with van der Waals surface area (Å²) in [7, 11) is 3.30. The van der Waals surface area contributed by atoms with Gasteiger partial charge in [0.2, 0.25) is 0 Å². The van der Waals surface area contributed by atoms with E-state index in [-0.39, 0.29) is 24.1 Å². The quantitative estimate of drug-likeness (QED) is 0.496. The number of aromatic amines is 1. The number of carboxylic acid groups (broad SMARTS) is 1. The zero-order chi connectivity index (χ0) is 24.5. The maximum atomic E-state index is 13.1. The van der Waals surface area contributed by atoms with Gasteiger partial charge in [0.15, 0.2) is 11.1 Å². The summed E-state index contributed by atoms with van der Waals surface area (Å²) in [5.74, 6) is -1.07. The zero-order valence-electron chi connectivity index (χ0n) is 19.4. The van der Waals surface area contributed by atoms with Crippen LogP contribution in [0.4, 0.5) is 0 Å². The Bertz CT molecular complexity index is 1230. The SMILES string of the molecule is C=CC(C=CC1=C(C)CN(C[C@](C)(NC)c2cc3c(C)[nH]c(=O)c(C(=O)O)c3o2)C1=O)OC. The van der Waals surface area contributed by atoms with Crippen LogP contribution in [0.25, 0.3) is 11.0 Å². The van der Waals surface area contributed by atoms with Gasteiger partial charge in [0.05, 0.1) is 11.6 Å². The molecular formula is C24H29N3O6. The van der Waals surface area contributed by atoms with Crippen LogP contribution in [0, 0.1) is 6.92 Å². The predicted molar refractivity (Wildman–Crippen MR) is 124 cm³/mol. The minimum Gasteiger partial charge on any atom is -0.477 e. The number of aryl methyl sites for hydroxylation is 1. The first kappa shape index (κ1) is 24.2. The third kappa shape index (κ3) is 4.42. The van der Waals surface area contributed by atoms with Gasteiger partial charge in [-0.15, -0.1) is 6.58 Å². The highest BCUT2D eigenvalue weighted by atomic mass is 16.5. The molecule has 0 saturated heterocycles. The summed E-state index contributed by atoms with van der Waals surface area (Å²) in [5.41, 5.74) is 0.0305. The van der Waals surface area contributed by atoms with E-state index in [0.717, 1.165) is 5.57 Å². The molecule has 2 aromatic rings. The van der Waals surface area contributed by atoms with Gasteiger partial charge in [0.1, 0.15) is 5.76 Å². The van der Waals surface area contributed by atoms with E-state index >= 15 is 0 Å². The summed E-state index contributed by atoms with van der Waals surface area (Å²) in [6, 6.07) is 1.71. The van der Waals surface area contributed by atoms with Gasteiger partial charge in [-0.2, -0.15) is 0 Å². The number of likely N-dealkylation sites (N-methyl/N-ethyl adjacent to an activating group) is 1. The number of fused-ring (bicyclic) bond motifs is 1. The summed E-state index contributed by atoms with van der Waals surface area (Å²) < 4.78 is 11.2. The van der Waals surface area contributed by atoms with Crippen molar-refractivity contribution in [2.75, 3.05) is 27.2 Å². The van der Waals surface area contributed by atoms with E-state index < -0.39 is 22.6 Å². The fourth-order valence-corrected chi connectivity index (χ4v) is 3.97. The van der Waals surface area contributed by atoms with Crippen LogP contribution in [0.5, 0.6) is 0 Å². The number of amides is 1. The minimum absolute atomic E-state index is 0.0148. The second-order valence-electron chi connectivity index (χ2n) is 8.35. The molecule has 1 unspecified atom stereocenters. The molecule has 0 saturated carbocycles. The summed E-state index contributed by atoms with van der Waals surface area (Å²) in [6.45, 7) is 9.85. The Labute approximate surface area is 191 Å². The summed E-state index contributed by atoms with van der Waals surface area (Å²) in [5, 5.41) is 13.2. The van der Waals surface area contributed by atoms with Crippen molar-refractivity contribution in [1.82, 2.24) is 15.2 Å². The number of hydrogen-bond acceptors (Lipinski definition) is 6. The van der Waals surface area contributed by atoms with E-state index in [1.807, 2.05) is 13.8 Å². The number of hydrogen-bond donors (Lipinski definition) is 3. The molecule has 9 heteroatoms. The number of H-pyrrole nitrogens is 1. The number of nitrogens with zero attached hydrogens (tertiary/aromatic N) is 1. The monoisotopic (exact) mass is 455 g/mol. The molecule has 0 radical (unpaired) electrons. The number of rotatable bonds is 9. The second-order valence-corrected chi connectivity index (χ2v) is 8.35. The third-order valence-corrected chi connectivity index (χ3v) is 6.07. The highest BCUT2D eigenvalue weighted by Gasteiger charge is 2.37. The third-order valence-electron chi connectivity index (χ3n) is 6.07. The van der Waals surface area contributed by atoms with Crippen molar-refractivity contribution in [1.29, 1.82) is 0 Å². The molecule has 0 spiro atoms. The smallest absolute Gasteiger partial charge is 0.345 e. The van der Waals surface area contributed by atoms with E-state index in [2.05, 4.69) is 16.9 Å². The van der Waals surface area contributed by atoms with Gasteiger partial charge < -0.3 is 29.5 Å². The predicted octanol–water partition coefficient (Wildman–Crippen LogP) is 2.48. The molecule has 1 aliphatic rings. The lowest BCUT2D eigenvalue weighted by Gasteiger charge is -2.32. The van der Waals surface area contributed by atoms with Crippen molar-refractivity contribution in [2.24, 2.45) is 0 Å². The maximum absolute atomic E-state index is 13.1. The Kier molecular flexibility index (Phi) is 6.76. The molecule has 2 aromatic heterocycles. The molecule has 176 valence electrons. The Morgan fingerprint density at radius 1 is 1.45 bits per heavy atom. The van der Waals surface area contributed by atoms with Gasteiger partial charge in [-0.05, 0) is 39.5 Å². The van der Waals surface area contributed by atoms with Crippen molar-refractivity contribution in [2.45, 2.75) is 32.4 Å². The second kappa shape index (κ2) is 9.21. The van der Waals surface area contributed by atoms with Crippen LogP contribution in [-0.2, 0) is 15.1 Å². The normalized spacial score (nSPS) is 17.2. The molecule has 1 aliphatic heterocycles. The highest BCUT2D eigenvalue weighted by Crippen LogP contribution is 2.32. The number of aromatic carboxylic acids is 1. The molecular weight excluding hydrogens is 426 g/mol. The number of pyridine rings is 1. The van der Waals surface area contributed by atoms with E-state index in [0.29, 0.717) is 29.0 Å². The molecule has 0 fully saturated rings. The first-order valence-electron chi connectivity index (χ1n) is 10.5. The first-order valence-corrected chi connectivity index (χ1v) is 10.5. The highest BCUT2D eigenvalue weighted by molar-refractivity contribution is 6.01. The fraction of sp³-hybridized carbons (Fsp3) is 0.375. The average molecular weight is 456 g/mol. The molecule has 3 rings (SSSR count). The lowest BCUT2D eigenvalue weighted by Crippen LogP contribution is -2.48. The van der Waals surface area contributed by atoms with Crippen LogP contribution >= 0.6 is 0 Å². The van der Waals surface area contributed by atoms with Crippen molar-refractivity contribution >= 4 is 22.8 Å². The number of carbonyl (C=O) groups is 2. The van der Waals surface area contributed by atoms with Gasteiger partial charge in [-0.25, -0.2) is 4.79 Å². The van der Waals surface area contributed by atoms with Crippen molar-refractivity contribution in [3.63, 3.8) is 0 Å². The number of ether oxygens (including phenoxy) is 1. The molecule has 33 heavy (non-hydrogen) atoms. The van der Waals surface area contributed by atoms with Crippen LogP contribution in [0.15, 0.2) is 51.2 Å². The van der Waals surface area contributed by atoms with E-state index in [4.69, 9.17) is 9.15 Å². The number of nitrogens with one attached hydrogen (secondary N) is 2. The standard InChI is InChI=1S/C24H29N3O6/c1-7-15(32-6)8-9-16-13(2)11-27(22(16)29)12-24(4,25-5)18-10-17-14(3)26-21(28)19(23(30)31)20(17)33-18/h7-10,15,25H,1,11-12H2,2-6H3,(H,26,28)(H,30,31)/t15?,24-/m0/s1. The van der Waals surface area contributed by atoms with Crippen molar-refractivity contribution in [3.8, 4) is 0 Å². The van der Waals surface area contributed by atoms with Crippen LogP contribution in [0.3, 0.4) is 0 Å². The Morgan fingerprint density at radius 2 is 2.15 bits per heavy atom. The van der Waals surface area contributed by atoms with Gasteiger partial charge in [-0.1, -0.05) is 18.2 Å². The maximum Gasteiger partial charge on any atom is 0.345 e. The van der Waals surface area contributed by atoms with Gasteiger partial charge in [0, 0.05) is 36.9 Å². The molecule has 0 bridgehead atoms. The van der Waals surface area contributed by atoms with Crippen LogP contribution in [0.2, 0.25) is 0 Å². The van der Waals surface area contributed by atoms with E-state index in [9.17, 15) is 19.5 Å². The number of carbonyl (C=O) groups excluding carboxylic acids is 1. The van der Waals surface area contributed by atoms with Crippen molar-refractivity contribution < 1.29 is 23.8 Å². The summed E-state index contributed by atoms with van der Waals surface area (Å²) in [6.07, 6.45) is 4.87. The number of aromatic nitrogens is 1. The zero-order valence-corrected chi connectivity index (χ0v) is 19.4.